The number of halogens is 2. The molecule has 0 aliphatic rings. The first-order valence-electron chi connectivity index (χ1n) is 7.32. The van der Waals surface area contributed by atoms with Gasteiger partial charge >= 0.3 is 0 Å². The Morgan fingerprint density at radius 2 is 1.87 bits per heavy atom. The lowest BCUT2D eigenvalue weighted by atomic mass is 10.1. The summed E-state index contributed by atoms with van der Waals surface area (Å²) in [6, 6.07) is 15.1. The zero-order chi connectivity index (χ0) is 16.4. The molecule has 0 atom stereocenters. The fraction of sp³-hybridized carbons (Fsp3) is 0.167. The van der Waals surface area contributed by atoms with Crippen molar-refractivity contribution in [2.45, 2.75) is 6.42 Å². The molecule has 0 aliphatic carbocycles. The first-order valence-corrected chi connectivity index (χ1v) is 8.08. The molecule has 0 aliphatic heterocycles. The summed E-state index contributed by atoms with van der Waals surface area (Å²) in [7, 11) is 1.87. The van der Waals surface area contributed by atoms with Gasteiger partial charge in [0.25, 0.3) is 5.91 Å². The first-order chi connectivity index (χ1) is 11.0. The molecule has 2 aromatic carbocycles. The number of rotatable bonds is 4. The molecule has 0 saturated heterocycles. The second kappa shape index (κ2) is 6.65. The minimum atomic E-state index is -0.0955. The third kappa shape index (κ3) is 3.52. The van der Waals surface area contributed by atoms with E-state index in [1.165, 1.54) is 0 Å². The average molecular weight is 347 g/mol. The van der Waals surface area contributed by atoms with Gasteiger partial charge in [0.15, 0.2) is 0 Å². The van der Waals surface area contributed by atoms with Crippen LogP contribution in [0.5, 0.6) is 0 Å². The fourth-order valence-electron chi connectivity index (χ4n) is 2.62. The van der Waals surface area contributed by atoms with Crippen molar-refractivity contribution in [3.05, 3.63) is 69.8 Å². The molecule has 0 saturated carbocycles. The van der Waals surface area contributed by atoms with Gasteiger partial charge in [-0.15, -0.1) is 0 Å². The van der Waals surface area contributed by atoms with Crippen LogP contribution in [0.25, 0.3) is 10.9 Å². The molecule has 0 unspecified atom stereocenters. The Labute approximate surface area is 144 Å². The smallest absolute Gasteiger partial charge is 0.267 e. The van der Waals surface area contributed by atoms with Crippen LogP contribution in [0.1, 0.15) is 16.1 Å². The van der Waals surface area contributed by atoms with Crippen molar-refractivity contribution in [1.29, 1.82) is 0 Å². The van der Waals surface area contributed by atoms with Crippen LogP contribution in [0, 0.1) is 0 Å². The Morgan fingerprint density at radius 3 is 2.65 bits per heavy atom. The topological polar surface area (TPSA) is 34.0 Å². The molecule has 1 N–H and O–H groups in total. The third-order valence-corrected chi connectivity index (χ3v) is 4.30. The monoisotopic (exact) mass is 346 g/mol. The van der Waals surface area contributed by atoms with Crippen molar-refractivity contribution in [1.82, 2.24) is 9.88 Å². The zero-order valence-electron chi connectivity index (χ0n) is 12.6. The van der Waals surface area contributed by atoms with Gasteiger partial charge in [-0.3, -0.25) is 4.79 Å². The predicted molar refractivity (Wildman–Crippen MR) is 95.4 cm³/mol. The molecule has 1 aromatic heterocycles. The molecule has 3 nitrogen and oxygen atoms in total. The summed E-state index contributed by atoms with van der Waals surface area (Å²) in [5.41, 5.74) is 2.66. The van der Waals surface area contributed by atoms with Gasteiger partial charge in [-0.05, 0) is 42.3 Å². The maximum atomic E-state index is 12.4. The number of carbonyl (C=O) groups is 1. The normalized spacial score (nSPS) is 10.9. The summed E-state index contributed by atoms with van der Waals surface area (Å²) in [6.45, 7) is 0.557. The Hall–Kier alpha value is -1.97. The van der Waals surface area contributed by atoms with E-state index in [-0.39, 0.29) is 5.91 Å². The number of carbonyl (C=O) groups excluding carboxylic acids is 1. The molecule has 1 amide bonds. The van der Waals surface area contributed by atoms with E-state index in [2.05, 4.69) is 5.32 Å². The van der Waals surface area contributed by atoms with Crippen LogP contribution in [0.3, 0.4) is 0 Å². The van der Waals surface area contributed by atoms with E-state index in [4.69, 9.17) is 23.2 Å². The summed E-state index contributed by atoms with van der Waals surface area (Å²) >= 11 is 12.0. The molecule has 118 valence electrons. The summed E-state index contributed by atoms with van der Waals surface area (Å²) in [5.74, 6) is -0.0955. The Kier molecular flexibility index (Phi) is 4.60. The summed E-state index contributed by atoms with van der Waals surface area (Å²) < 4.78 is 1.86. The predicted octanol–water partition coefficient (Wildman–Crippen LogP) is 4.46. The highest BCUT2D eigenvalue weighted by atomic mass is 35.5. The maximum Gasteiger partial charge on any atom is 0.267 e. The fourth-order valence-corrected chi connectivity index (χ4v) is 3.00. The Bertz CT molecular complexity index is 871. The number of benzene rings is 2. The molecule has 0 bridgehead atoms. The van der Waals surface area contributed by atoms with Crippen molar-refractivity contribution in [2.24, 2.45) is 7.05 Å². The number of fused-ring (bicyclic) bond motifs is 1. The van der Waals surface area contributed by atoms with Crippen LogP contribution < -0.4 is 5.32 Å². The van der Waals surface area contributed by atoms with E-state index in [9.17, 15) is 4.79 Å². The van der Waals surface area contributed by atoms with Crippen LogP contribution in [0.4, 0.5) is 0 Å². The van der Waals surface area contributed by atoms with Crippen LogP contribution in [-0.4, -0.2) is 17.0 Å². The van der Waals surface area contributed by atoms with Crippen molar-refractivity contribution in [3.63, 3.8) is 0 Å². The quantitative estimate of drug-likeness (QED) is 0.743. The largest absolute Gasteiger partial charge is 0.350 e. The van der Waals surface area contributed by atoms with E-state index in [1.807, 2.05) is 60.1 Å². The van der Waals surface area contributed by atoms with Crippen LogP contribution >= 0.6 is 23.2 Å². The second-order valence-electron chi connectivity index (χ2n) is 5.43. The lowest BCUT2D eigenvalue weighted by Crippen LogP contribution is -2.27. The third-order valence-electron chi connectivity index (χ3n) is 3.83. The van der Waals surface area contributed by atoms with E-state index < -0.39 is 0 Å². The van der Waals surface area contributed by atoms with Gasteiger partial charge in [0.05, 0.1) is 0 Å². The molecule has 23 heavy (non-hydrogen) atoms. The zero-order valence-corrected chi connectivity index (χ0v) is 14.2. The number of hydrogen-bond acceptors (Lipinski definition) is 1. The van der Waals surface area contributed by atoms with Gasteiger partial charge < -0.3 is 9.88 Å². The first kappa shape index (κ1) is 15.9. The Balaban J connectivity index is 1.70. The lowest BCUT2D eigenvalue weighted by molar-refractivity contribution is 0.0946. The summed E-state index contributed by atoms with van der Waals surface area (Å²) in [5, 5.41) is 5.31. The summed E-state index contributed by atoms with van der Waals surface area (Å²) in [6.07, 6.45) is 0.738. The van der Waals surface area contributed by atoms with Crippen molar-refractivity contribution >= 4 is 40.0 Å². The van der Waals surface area contributed by atoms with E-state index in [1.54, 1.807) is 0 Å². The summed E-state index contributed by atoms with van der Waals surface area (Å²) in [4.78, 5) is 12.4. The van der Waals surface area contributed by atoms with E-state index >= 15 is 0 Å². The SMILES string of the molecule is Cn1c(C(=O)NCCc2cccc(Cl)c2)cc2ccc(Cl)cc21. The highest BCUT2D eigenvalue weighted by Gasteiger charge is 2.13. The molecular formula is C18H16Cl2N2O. The van der Waals surface area contributed by atoms with Gasteiger partial charge in [-0.1, -0.05) is 41.4 Å². The number of aromatic nitrogens is 1. The van der Waals surface area contributed by atoms with Crippen molar-refractivity contribution in [2.75, 3.05) is 6.54 Å². The van der Waals surface area contributed by atoms with Crippen LogP contribution in [0.15, 0.2) is 48.5 Å². The van der Waals surface area contributed by atoms with Gasteiger partial charge in [-0.25, -0.2) is 0 Å². The number of amides is 1. The molecular weight excluding hydrogens is 331 g/mol. The van der Waals surface area contributed by atoms with Gasteiger partial charge in [0.2, 0.25) is 0 Å². The molecule has 0 fully saturated rings. The molecule has 3 rings (SSSR count). The standard InChI is InChI=1S/C18H16Cl2N2O/c1-22-16-11-15(20)6-5-13(16)10-17(22)18(23)21-8-7-12-3-2-4-14(19)9-12/h2-6,9-11H,7-8H2,1H3,(H,21,23). The van der Waals surface area contributed by atoms with Crippen molar-refractivity contribution < 1.29 is 4.79 Å². The molecule has 1 heterocycles. The Morgan fingerprint density at radius 1 is 1.09 bits per heavy atom. The number of nitrogens with zero attached hydrogens (tertiary/aromatic N) is 1. The van der Waals surface area contributed by atoms with Crippen LogP contribution in [-0.2, 0) is 13.5 Å². The van der Waals surface area contributed by atoms with Crippen LogP contribution in [0.2, 0.25) is 10.0 Å². The maximum absolute atomic E-state index is 12.4. The minimum Gasteiger partial charge on any atom is -0.350 e. The van der Waals surface area contributed by atoms with E-state index in [0.29, 0.717) is 22.3 Å². The van der Waals surface area contributed by atoms with E-state index in [0.717, 1.165) is 22.9 Å². The lowest BCUT2D eigenvalue weighted by Gasteiger charge is -2.07. The number of nitrogens with one attached hydrogen (secondary N) is 1. The number of aryl methyl sites for hydroxylation is 1. The highest BCUT2D eigenvalue weighted by Crippen LogP contribution is 2.22. The van der Waals surface area contributed by atoms with Gasteiger partial charge in [-0.2, -0.15) is 0 Å². The number of hydrogen-bond donors (Lipinski definition) is 1. The minimum absolute atomic E-state index is 0.0955. The van der Waals surface area contributed by atoms with Gasteiger partial charge in [0, 0.05) is 34.5 Å². The second-order valence-corrected chi connectivity index (χ2v) is 6.30. The molecule has 0 spiro atoms. The molecule has 5 heteroatoms. The average Bonchev–Trinajstić information content (AvgIpc) is 2.84. The van der Waals surface area contributed by atoms with Crippen molar-refractivity contribution in [3.8, 4) is 0 Å². The highest BCUT2D eigenvalue weighted by molar-refractivity contribution is 6.31. The van der Waals surface area contributed by atoms with Gasteiger partial charge in [0.1, 0.15) is 5.69 Å². The molecule has 3 aromatic rings. The molecule has 0 radical (unpaired) electrons.